The summed E-state index contributed by atoms with van der Waals surface area (Å²) >= 11 is 0. The summed E-state index contributed by atoms with van der Waals surface area (Å²) in [6.45, 7) is -1.24. The maximum absolute atomic E-state index is 12.0. The predicted molar refractivity (Wildman–Crippen MR) is 55.3 cm³/mol. The van der Waals surface area contributed by atoms with Gasteiger partial charge in [0.05, 0.1) is 25.9 Å². The van der Waals surface area contributed by atoms with Gasteiger partial charge in [0.2, 0.25) is 7.37 Å². The van der Waals surface area contributed by atoms with Crippen molar-refractivity contribution in [3.8, 4) is 0 Å². The van der Waals surface area contributed by atoms with Gasteiger partial charge in [0.1, 0.15) is 0 Å². The van der Waals surface area contributed by atoms with Crippen molar-refractivity contribution in [1.29, 1.82) is 0 Å². The fraction of sp³-hybridized carbons (Fsp3) is 1.00. The highest BCUT2D eigenvalue weighted by Gasteiger charge is 2.38. The van der Waals surface area contributed by atoms with Crippen molar-refractivity contribution in [2.45, 2.75) is 37.8 Å². The molecular weight excluding hydrogens is 342 g/mol. The third-order valence-electron chi connectivity index (χ3n) is 2.18. The molecule has 0 atom stereocenters. The molecule has 128 valence electrons. The van der Waals surface area contributed by atoms with Crippen LogP contribution in [0.4, 0.5) is 39.5 Å². The average Bonchev–Trinajstić information content (AvgIpc) is 2.20. The number of hydrogen-bond donors (Lipinski definition) is 0. The number of rotatable bonds is 7. The van der Waals surface area contributed by atoms with Crippen LogP contribution >= 0.6 is 7.37 Å². The molecule has 12 heteroatoms. The molecule has 0 amide bonds. The summed E-state index contributed by atoms with van der Waals surface area (Å²) in [5, 5.41) is 0. The van der Waals surface area contributed by atoms with Crippen molar-refractivity contribution in [3.63, 3.8) is 0 Å². The standard InChI is InChI=1S/C9H12F9O2P/c10-7(11,12)1-4-20-21(19,5-2-8(13,14)15)6-3-9(16,17)18/h1-6H2. The molecule has 0 heterocycles. The molecule has 0 saturated heterocycles. The summed E-state index contributed by atoms with van der Waals surface area (Å²) in [4.78, 5) is 0. The van der Waals surface area contributed by atoms with Crippen molar-refractivity contribution in [2.75, 3.05) is 18.9 Å². The zero-order valence-corrected chi connectivity index (χ0v) is 11.3. The number of alkyl halides is 9. The van der Waals surface area contributed by atoms with E-state index in [1.54, 1.807) is 0 Å². The van der Waals surface area contributed by atoms with Crippen LogP contribution in [0.5, 0.6) is 0 Å². The molecule has 0 spiro atoms. The molecule has 0 aliphatic heterocycles. The zero-order chi connectivity index (χ0) is 16.9. The van der Waals surface area contributed by atoms with Crippen LogP contribution in [0.25, 0.3) is 0 Å². The Morgan fingerprint density at radius 1 is 0.667 bits per heavy atom. The highest BCUT2D eigenvalue weighted by Crippen LogP contribution is 2.51. The molecule has 2 nitrogen and oxygen atoms in total. The molecule has 0 radical (unpaired) electrons. The van der Waals surface area contributed by atoms with Crippen LogP contribution in [0.3, 0.4) is 0 Å². The van der Waals surface area contributed by atoms with Crippen LogP contribution in [-0.4, -0.2) is 37.5 Å². The third-order valence-corrected chi connectivity index (χ3v) is 4.65. The Morgan fingerprint density at radius 3 is 1.29 bits per heavy atom. The van der Waals surface area contributed by atoms with Crippen LogP contribution in [0.15, 0.2) is 0 Å². The van der Waals surface area contributed by atoms with E-state index >= 15 is 0 Å². The van der Waals surface area contributed by atoms with Gasteiger partial charge in [0.25, 0.3) is 0 Å². The van der Waals surface area contributed by atoms with Gasteiger partial charge in [-0.1, -0.05) is 0 Å². The second kappa shape index (κ2) is 7.21. The molecule has 0 aromatic carbocycles. The Balaban J connectivity index is 4.63. The summed E-state index contributed by atoms with van der Waals surface area (Å²) in [6, 6.07) is 0. The van der Waals surface area contributed by atoms with E-state index in [9.17, 15) is 44.1 Å². The van der Waals surface area contributed by atoms with E-state index in [0.717, 1.165) is 0 Å². The minimum absolute atomic E-state index is 1.24. The minimum Gasteiger partial charge on any atom is -0.328 e. The average molecular weight is 354 g/mol. The quantitative estimate of drug-likeness (QED) is 0.468. The van der Waals surface area contributed by atoms with Crippen LogP contribution in [0.1, 0.15) is 19.3 Å². The lowest BCUT2D eigenvalue weighted by Crippen LogP contribution is -2.17. The van der Waals surface area contributed by atoms with Gasteiger partial charge in [-0.25, -0.2) is 0 Å². The zero-order valence-electron chi connectivity index (χ0n) is 10.4. The van der Waals surface area contributed by atoms with E-state index < -0.39 is 64.1 Å². The van der Waals surface area contributed by atoms with Gasteiger partial charge in [-0.15, -0.1) is 0 Å². The smallest absolute Gasteiger partial charge is 0.328 e. The first-order chi connectivity index (χ1) is 9.12. The summed E-state index contributed by atoms with van der Waals surface area (Å²) in [5.41, 5.74) is 0. The molecular formula is C9H12F9O2P. The third kappa shape index (κ3) is 13.0. The number of halogens is 9. The van der Waals surface area contributed by atoms with Crippen molar-refractivity contribution < 1.29 is 48.6 Å². The Morgan fingerprint density at radius 2 is 1.00 bits per heavy atom. The molecule has 0 rings (SSSR count). The Bertz CT molecular complexity index is 336. The molecule has 0 saturated carbocycles. The summed E-state index contributed by atoms with van der Waals surface area (Å²) in [5.74, 6) is 0. The molecule has 0 aliphatic carbocycles. The first-order valence-electron chi connectivity index (χ1n) is 5.55. The Hall–Kier alpha value is -0.440. The topological polar surface area (TPSA) is 26.3 Å². The van der Waals surface area contributed by atoms with Crippen molar-refractivity contribution >= 4 is 7.37 Å². The van der Waals surface area contributed by atoms with Gasteiger partial charge in [0.15, 0.2) is 0 Å². The van der Waals surface area contributed by atoms with Crippen LogP contribution in [0, 0.1) is 0 Å². The maximum Gasteiger partial charge on any atom is 0.391 e. The maximum atomic E-state index is 12.0. The lowest BCUT2D eigenvalue weighted by Gasteiger charge is -2.20. The highest BCUT2D eigenvalue weighted by atomic mass is 31.2. The van der Waals surface area contributed by atoms with Crippen molar-refractivity contribution in [2.24, 2.45) is 0 Å². The van der Waals surface area contributed by atoms with Crippen LogP contribution < -0.4 is 0 Å². The highest BCUT2D eigenvalue weighted by molar-refractivity contribution is 7.58. The summed E-state index contributed by atoms with van der Waals surface area (Å²) < 4.78 is 124. The van der Waals surface area contributed by atoms with E-state index in [4.69, 9.17) is 0 Å². The predicted octanol–water partition coefficient (Wildman–Crippen LogP) is 5.14. The van der Waals surface area contributed by atoms with Crippen molar-refractivity contribution in [1.82, 2.24) is 0 Å². The Labute approximate surface area is 114 Å². The van der Waals surface area contributed by atoms with Gasteiger partial charge in [0, 0.05) is 12.3 Å². The lowest BCUT2D eigenvalue weighted by molar-refractivity contribution is -0.141. The molecule has 21 heavy (non-hydrogen) atoms. The molecule has 0 aromatic heterocycles. The molecule has 0 aromatic rings. The van der Waals surface area contributed by atoms with Gasteiger partial charge in [-0.3, -0.25) is 4.57 Å². The van der Waals surface area contributed by atoms with Gasteiger partial charge < -0.3 is 4.52 Å². The molecule has 0 aliphatic rings. The molecule has 0 bridgehead atoms. The first kappa shape index (κ1) is 20.6. The second-order valence-corrected chi connectivity index (χ2v) is 6.97. The second-order valence-electron chi connectivity index (χ2n) is 4.19. The Kier molecular flexibility index (Phi) is 7.06. The normalized spacial score (nSPS) is 14.5. The minimum atomic E-state index is -4.79. The summed E-state index contributed by atoms with van der Waals surface area (Å²) in [6.07, 6.45) is -21.8. The fourth-order valence-corrected chi connectivity index (χ4v) is 3.26. The largest absolute Gasteiger partial charge is 0.391 e. The van der Waals surface area contributed by atoms with Gasteiger partial charge >= 0.3 is 18.5 Å². The lowest BCUT2D eigenvalue weighted by atomic mass is 10.5. The number of hydrogen-bond acceptors (Lipinski definition) is 2. The van der Waals surface area contributed by atoms with E-state index in [2.05, 4.69) is 4.52 Å². The van der Waals surface area contributed by atoms with E-state index in [1.807, 2.05) is 0 Å². The van der Waals surface area contributed by atoms with E-state index in [1.165, 1.54) is 0 Å². The van der Waals surface area contributed by atoms with Gasteiger partial charge in [-0.05, 0) is 0 Å². The summed E-state index contributed by atoms with van der Waals surface area (Å²) in [7, 11) is -4.44. The van der Waals surface area contributed by atoms with E-state index in [0.29, 0.717) is 0 Å². The fourth-order valence-electron chi connectivity index (χ4n) is 1.16. The van der Waals surface area contributed by atoms with Gasteiger partial charge in [-0.2, -0.15) is 39.5 Å². The monoisotopic (exact) mass is 354 g/mol. The van der Waals surface area contributed by atoms with Crippen LogP contribution in [-0.2, 0) is 9.09 Å². The van der Waals surface area contributed by atoms with E-state index in [-0.39, 0.29) is 0 Å². The SMILES string of the molecule is O=P(CCC(F)(F)F)(CCC(F)(F)F)OCCC(F)(F)F. The van der Waals surface area contributed by atoms with Crippen LogP contribution in [0.2, 0.25) is 0 Å². The molecule has 0 fully saturated rings. The molecule has 0 unspecified atom stereocenters. The first-order valence-corrected chi connectivity index (χ1v) is 7.54. The van der Waals surface area contributed by atoms with Crippen molar-refractivity contribution in [3.05, 3.63) is 0 Å². The molecule has 0 N–H and O–H groups in total.